The molecule has 2 rings (SSSR count). The summed E-state index contributed by atoms with van der Waals surface area (Å²) in [5.41, 5.74) is 0.0438. The highest BCUT2D eigenvalue weighted by atomic mass is 31.2. The molecule has 0 fully saturated rings. The summed E-state index contributed by atoms with van der Waals surface area (Å²) in [5.74, 6) is 0. The first kappa shape index (κ1) is 13.1. The molecule has 0 N–H and O–H groups in total. The van der Waals surface area contributed by atoms with Crippen molar-refractivity contribution in [2.24, 2.45) is 0 Å². The zero-order valence-corrected chi connectivity index (χ0v) is 11.7. The van der Waals surface area contributed by atoms with Crippen molar-refractivity contribution >= 4 is 17.8 Å². The summed E-state index contributed by atoms with van der Waals surface area (Å²) in [6.45, 7) is 4.00. The average molecular weight is 257 g/mol. The Balaban J connectivity index is 2.59. The van der Waals surface area contributed by atoms with E-state index in [1.54, 1.807) is 0 Å². The molecule has 0 unspecified atom stereocenters. The van der Waals surface area contributed by atoms with E-state index < -0.39 is 7.14 Å². The van der Waals surface area contributed by atoms with Crippen LogP contribution >= 0.6 is 7.14 Å². The molecule has 2 aromatic carbocycles. The van der Waals surface area contributed by atoms with Gasteiger partial charge in [-0.1, -0.05) is 74.5 Å². The summed E-state index contributed by atoms with van der Waals surface area (Å²) in [5, 5.41) is 1.86. The highest BCUT2D eigenvalue weighted by Gasteiger charge is 2.32. The van der Waals surface area contributed by atoms with Gasteiger partial charge in [0, 0.05) is 16.3 Å². The highest BCUT2D eigenvalue weighted by molar-refractivity contribution is 7.79. The molecule has 0 aromatic heterocycles. The van der Waals surface area contributed by atoms with Crippen molar-refractivity contribution in [1.29, 1.82) is 0 Å². The minimum absolute atomic E-state index is 0.0438. The summed E-state index contributed by atoms with van der Waals surface area (Å²) in [6.07, 6.45) is 2.03. The van der Waals surface area contributed by atoms with E-state index in [1.165, 1.54) is 0 Å². The Hall–Kier alpha value is -1.33. The third kappa shape index (κ3) is 2.28. The number of rotatable bonds is 4. The molecular weight excluding hydrogens is 239 g/mol. The van der Waals surface area contributed by atoms with E-state index in [1.807, 2.05) is 80.9 Å². The molecule has 0 heterocycles. The Morgan fingerprint density at radius 3 is 1.61 bits per heavy atom. The Morgan fingerprint density at radius 2 is 1.28 bits per heavy atom. The van der Waals surface area contributed by atoms with Crippen LogP contribution in [0.5, 0.6) is 0 Å². The molecule has 0 bridgehead atoms. The minimum Gasteiger partial charge on any atom is -0.313 e. The van der Waals surface area contributed by atoms with Crippen molar-refractivity contribution in [2.75, 3.05) is 0 Å². The smallest absolute Gasteiger partial charge is 0.146 e. The van der Waals surface area contributed by atoms with Crippen LogP contribution in [-0.2, 0) is 4.57 Å². The third-order valence-electron chi connectivity index (χ3n) is 3.34. The van der Waals surface area contributed by atoms with E-state index in [-0.39, 0.29) is 5.66 Å². The molecule has 0 saturated heterocycles. The molecule has 0 saturated carbocycles. The molecule has 0 aliphatic heterocycles. The van der Waals surface area contributed by atoms with Crippen molar-refractivity contribution in [2.45, 2.75) is 19.5 Å². The van der Waals surface area contributed by atoms with Gasteiger partial charge in [-0.3, -0.25) is 0 Å². The summed E-state index contributed by atoms with van der Waals surface area (Å²) < 4.78 is 13.5. The molecule has 0 amide bonds. The lowest BCUT2D eigenvalue weighted by Crippen LogP contribution is -2.23. The number of benzene rings is 2. The highest BCUT2D eigenvalue weighted by Crippen LogP contribution is 2.49. The van der Waals surface area contributed by atoms with Gasteiger partial charge < -0.3 is 4.57 Å². The van der Waals surface area contributed by atoms with Crippen LogP contribution in [0.25, 0.3) is 0 Å². The van der Waals surface area contributed by atoms with Crippen LogP contribution in [-0.4, -0.2) is 5.66 Å². The van der Waals surface area contributed by atoms with Crippen molar-refractivity contribution in [3.63, 3.8) is 0 Å². The van der Waals surface area contributed by atoms with Gasteiger partial charge in [0.2, 0.25) is 0 Å². The monoisotopic (exact) mass is 257 g/mol. The first-order chi connectivity index (χ1) is 8.69. The normalized spacial score (nSPS) is 13.2. The van der Waals surface area contributed by atoms with Crippen LogP contribution in [0.3, 0.4) is 0 Å². The van der Waals surface area contributed by atoms with Crippen molar-refractivity contribution < 1.29 is 4.57 Å². The first-order valence-corrected chi connectivity index (χ1v) is 7.97. The zero-order chi connectivity index (χ0) is 13.0. The van der Waals surface area contributed by atoms with Gasteiger partial charge in [0.05, 0.1) is 0 Å². The minimum atomic E-state index is -2.57. The zero-order valence-electron chi connectivity index (χ0n) is 10.8. The van der Waals surface area contributed by atoms with E-state index in [0.29, 0.717) is 0 Å². The SMILES string of the molecule is C[CH][C@@H](C)P(=O)(c1ccccc1)c1ccccc1. The lowest BCUT2D eigenvalue weighted by atomic mass is 10.3. The van der Waals surface area contributed by atoms with Crippen molar-refractivity contribution in [1.82, 2.24) is 0 Å². The molecule has 18 heavy (non-hydrogen) atoms. The molecule has 1 radical (unpaired) electrons. The van der Waals surface area contributed by atoms with E-state index in [9.17, 15) is 4.57 Å². The summed E-state index contributed by atoms with van der Waals surface area (Å²) in [7, 11) is -2.57. The molecule has 2 aromatic rings. The Labute approximate surface area is 109 Å². The van der Waals surface area contributed by atoms with Gasteiger partial charge in [-0.25, -0.2) is 0 Å². The largest absolute Gasteiger partial charge is 0.313 e. The van der Waals surface area contributed by atoms with Crippen LogP contribution in [0.15, 0.2) is 60.7 Å². The second-order valence-corrected chi connectivity index (χ2v) is 7.57. The van der Waals surface area contributed by atoms with E-state index in [4.69, 9.17) is 0 Å². The third-order valence-corrected chi connectivity index (χ3v) is 6.91. The molecule has 0 aliphatic carbocycles. The van der Waals surface area contributed by atoms with Crippen LogP contribution in [0, 0.1) is 6.42 Å². The molecule has 2 heteroatoms. The fourth-order valence-electron chi connectivity index (χ4n) is 2.13. The van der Waals surface area contributed by atoms with Crippen molar-refractivity contribution in [3.05, 3.63) is 67.1 Å². The second-order valence-electron chi connectivity index (χ2n) is 4.40. The van der Waals surface area contributed by atoms with Gasteiger partial charge in [-0.2, -0.15) is 0 Å². The second kappa shape index (κ2) is 5.54. The topological polar surface area (TPSA) is 17.1 Å². The summed E-state index contributed by atoms with van der Waals surface area (Å²) in [6, 6.07) is 19.6. The van der Waals surface area contributed by atoms with Gasteiger partial charge in [-0.05, 0) is 6.42 Å². The van der Waals surface area contributed by atoms with Crippen LogP contribution in [0.1, 0.15) is 13.8 Å². The van der Waals surface area contributed by atoms with Crippen molar-refractivity contribution in [3.8, 4) is 0 Å². The lowest BCUT2D eigenvalue weighted by Gasteiger charge is -2.24. The lowest BCUT2D eigenvalue weighted by molar-refractivity contribution is 0.582. The van der Waals surface area contributed by atoms with Crippen LogP contribution in [0.2, 0.25) is 0 Å². The maximum absolute atomic E-state index is 13.5. The van der Waals surface area contributed by atoms with Gasteiger partial charge in [0.25, 0.3) is 0 Å². The quantitative estimate of drug-likeness (QED) is 0.765. The molecule has 0 aliphatic rings. The van der Waals surface area contributed by atoms with Crippen LogP contribution in [0.4, 0.5) is 0 Å². The molecule has 0 spiro atoms. The summed E-state index contributed by atoms with van der Waals surface area (Å²) >= 11 is 0. The molecule has 1 atom stereocenters. The molecule has 1 nitrogen and oxygen atoms in total. The van der Waals surface area contributed by atoms with Gasteiger partial charge in [-0.15, -0.1) is 0 Å². The van der Waals surface area contributed by atoms with Gasteiger partial charge in [0.1, 0.15) is 7.14 Å². The Morgan fingerprint density at radius 1 is 0.889 bits per heavy atom. The first-order valence-electron chi connectivity index (χ1n) is 6.20. The number of hydrogen-bond acceptors (Lipinski definition) is 1. The fourth-order valence-corrected chi connectivity index (χ4v) is 5.02. The van der Waals surface area contributed by atoms with Gasteiger partial charge in [0.15, 0.2) is 0 Å². The predicted molar refractivity (Wildman–Crippen MR) is 79.2 cm³/mol. The Bertz CT molecular complexity index is 490. The van der Waals surface area contributed by atoms with E-state index in [2.05, 4.69) is 0 Å². The Kier molecular flexibility index (Phi) is 4.04. The van der Waals surface area contributed by atoms with Gasteiger partial charge >= 0.3 is 0 Å². The summed E-state index contributed by atoms with van der Waals surface area (Å²) in [4.78, 5) is 0. The number of hydrogen-bond donors (Lipinski definition) is 0. The standard InChI is InChI=1S/C16H18OP/c1-3-14(2)18(17,15-10-6-4-7-11-15)16-12-8-5-9-13-16/h3-14H,1-2H3/t14-/m1/s1. The maximum atomic E-state index is 13.5. The molecule has 93 valence electrons. The van der Waals surface area contributed by atoms with E-state index in [0.717, 1.165) is 10.6 Å². The van der Waals surface area contributed by atoms with E-state index >= 15 is 0 Å². The fraction of sp³-hybridized carbons (Fsp3) is 0.188. The molecular formula is C16H18OP. The maximum Gasteiger partial charge on any atom is 0.146 e. The van der Waals surface area contributed by atoms with Crippen LogP contribution < -0.4 is 10.6 Å². The predicted octanol–water partition coefficient (Wildman–Crippen LogP) is 3.61. The average Bonchev–Trinajstić information content (AvgIpc) is 2.47.